The summed E-state index contributed by atoms with van der Waals surface area (Å²) in [7, 11) is -3.18. The van der Waals surface area contributed by atoms with E-state index >= 15 is 0 Å². The first-order valence-corrected chi connectivity index (χ1v) is 13.9. The quantitative estimate of drug-likeness (QED) is 0.421. The molecule has 1 heterocycles. The molecule has 2 aromatic carbocycles. The van der Waals surface area contributed by atoms with Crippen LogP contribution in [0, 0.1) is 12.8 Å². The van der Waals surface area contributed by atoms with Crippen LogP contribution in [0.1, 0.15) is 40.7 Å². The second kappa shape index (κ2) is 10.3. The number of pyridine rings is 1. The van der Waals surface area contributed by atoms with Gasteiger partial charge in [-0.2, -0.15) is 0 Å². The summed E-state index contributed by atoms with van der Waals surface area (Å²) >= 11 is 6.44. The topological polar surface area (TPSA) is 102 Å². The number of Topliss-reactive ketones (excluding diaryl/α,β-unsaturated/α-hetero) is 1. The normalized spacial score (nSPS) is 13.6. The van der Waals surface area contributed by atoms with Crippen LogP contribution in [-0.4, -0.2) is 43.6 Å². The van der Waals surface area contributed by atoms with E-state index in [-0.39, 0.29) is 24.0 Å². The number of fused-ring (bicyclic) bond motifs is 1. The number of carbonyl (C=O) groups is 2. The maximum atomic E-state index is 12.7. The zero-order chi connectivity index (χ0) is 25.2. The Balaban J connectivity index is 1.54. The fraction of sp³-hybridized carbons (Fsp3) is 0.346. The lowest BCUT2D eigenvalue weighted by Gasteiger charge is -2.13. The summed E-state index contributed by atoms with van der Waals surface area (Å²) in [4.78, 5) is 29.3. The number of hydrogen-bond donors (Lipinski definition) is 1. The van der Waals surface area contributed by atoms with E-state index in [4.69, 9.17) is 16.3 Å². The number of sulfone groups is 1. The van der Waals surface area contributed by atoms with Crippen LogP contribution < -0.4 is 10.1 Å². The van der Waals surface area contributed by atoms with Gasteiger partial charge in [-0.05, 0) is 67.1 Å². The van der Waals surface area contributed by atoms with E-state index in [0.29, 0.717) is 57.3 Å². The largest absolute Gasteiger partial charge is 0.457 e. The van der Waals surface area contributed by atoms with E-state index in [2.05, 4.69) is 10.3 Å². The molecule has 1 saturated carbocycles. The first-order chi connectivity index (χ1) is 16.6. The second-order valence-electron chi connectivity index (χ2n) is 9.10. The zero-order valence-corrected chi connectivity index (χ0v) is 21.2. The maximum absolute atomic E-state index is 12.7. The average molecular weight is 515 g/mol. The lowest BCUT2D eigenvalue weighted by molar-refractivity contribution is -0.118. The van der Waals surface area contributed by atoms with Crippen molar-refractivity contribution in [3.05, 3.63) is 64.3 Å². The van der Waals surface area contributed by atoms with Gasteiger partial charge in [-0.15, -0.1) is 0 Å². The number of aryl methyl sites for hydroxylation is 1. The highest BCUT2D eigenvalue weighted by Crippen LogP contribution is 2.35. The van der Waals surface area contributed by atoms with Crippen molar-refractivity contribution in [1.29, 1.82) is 0 Å². The van der Waals surface area contributed by atoms with Gasteiger partial charge in [0, 0.05) is 47.8 Å². The Morgan fingerprint density at radius 2 is 1.94 bits per heavy atom. The van der Waals surface area contributed by atoms with Crippen molar-refractivity contribution in [2.75, 3.05) is 18.6 Å². The Morgan fingerprint density at radius 3 is 2.63 bits per heavy atom. The molecule has 184 valence electrons. The second-order valence-corrected chi connectivity index (χ2v) is 11.8. The number of rotatable bonds is 10. The smallest absolute Gasteiger partial charge is 0.251 e. The molecule has 1 aliphatic rings. The van der Waals surface area contributed by atoms with Crippen LogP contribution in [-0.2, 0) is 21.1 Å². The first kappa shape index (κ1) is 25.1. The number of aromatic nitrogens is 1. The van der Waals surface area contributed by atoms with E-state index < -0.39 is 9.84 Å². The molecule has 0 bridgehead atoms. The number of ketones is 1. The van der Waals surface area contributed by atoms with Crippen molar-refractivity contribution in [3.8, 4) is 11.5 Å². The van der Waals surface area contributed by atoms with Crippen LogP contribution in [0.4, 0.5) is 0 Å². The summed E-state index contributed by atoms with van der Waals surface area (Å²) in [6, 6.07) is 10.4. The monoisotopic (exact) mass is 514 g/mol. The molecular formula is C26H27ClN2O5S. The molecule has 1 fully saturated rings. The van der Waals surface area contributed by atoms with Gasteiger partial charge in [-0.25, -0.2) is 8.42 Å². The highest BCUT2D eigenvalue weighted by atomic mass is 35.5. The van der Waals surface area contributed by atoms with Gasteiger partial charge in [0.05, 0.1) is 11.3 Å². The minimum Gasteiger partial charge on any atom is -0.457 e. The Hall–Kier alpha value is -2.97. The number of amides is 1. The minimum absolute atomic E-state index is 0.0273. The molecule has 1 aromatic heterocycles. The summed E-state index contributed by atoms with van der Waals surface area (Å²) in [6.45, 7) is 1.82. The van der Waals surface area contributed by atoms with Crippen LogP contribution in [0.5, 0.6) is 11.5 Å². The van der Waals surface area contributed by atoms with Crippen LogP contribution in [0.3, 0.4) is 0 Å². The standard InChI is InChI=1S/C26H27ClN2O5S/c1-16-11-24-22(15-21(16)26(31)29-9-10-35(2,32)33)25(7-8-28-24)34-20-6-5-18(23(27)14-20)13-19(30)12-17-3-4-17/h5-8,11,14-15,17H,3-4,9-10,12-13H2,1-2H3,(H,29,31). The van der Waals surface area contributed by atoms with Crippen LogP contribution in [0.15, 0.2) is 42.6 Å². The summed E-state index contributed by atoms with van der Waals surface area (Å²) in [5, 5.41) is 3.75. The molecule has 1 aliphatic carbocycles. The molecule has 0 saturated heterocycles. The minimum atomic E-state index is -3.18. The van der Waals surface area contributed by atoms with Gasteiger partial charge in [0.2, 0.25) is 0 Å². The van der Waals surface area contributed by atoms with Crippen LogP contribution >= 0.6 is 11.6 Å². The zero-order valence-electron chi connectivity index (χ0n) is 19.6. The third kappa shape index (κ3) is 6.80. The molecule has 0 atom stereocenters. The van der Waals surface area contributed by atoms with Crippen molar-refractivity contribution >= 4 is 44.0 Å². The Morgan fingerprint density at radius 1 is 1.17 bits per heavy atom. The van der Waals surface area contributed by atoms with E-state index in [1.165, 1.54) is 0 Å². The van der Waals surface area contributed by atoms with Gasteiger partial charge in [0.15, 0.2) is 0 Å². The molecule has 4 rings (SSSR count). The lowest BCUT2D eigenvalue weighted by Crippen LogP contribution is -2.29. The number of hydrogen-bond acceptors (Lipinski definition) is 6. The Labute approximate surface area is 209 Å². The Kier molecular flexibility index (Phi) is 7.42. The number of nitrogens with zero attached hydrogens (tertiary/aromatic N) is 1. The fourth-order valence-corrected chi connectivity index (χ4v) is 4.55. The summed E-state index contributed by atoms with van der Waals surface area (Å²) in [5.41, 5.74) is 2.54. The fourth-order valence-electron chi connectivity index (χ4n) is 3.84. The van der Waals surface area contributed by atoms with Crippen molar-refractivity contribution in [1.82, 2.24) is 10.3 Å². The average Bonchev–Trinajstić information content (AvgIpc) is 3.58. The van der Waals surface area contributed by atoms with E-state index in [0.717, 1.165) is 24.7 Å². The van der Waals surface area contributed by atoms with Crippen LogP contribution in [0.2, 0.25) is 5.02 Å². The Bertz CT molecular complexity index is 1400. The molecule has 0 unspecified atom stereocenters. The molecule has 35 heavy (non-hydrogen) atoms. The van der Waals surface area contributed by atoms with Gasteiger partial charge in [0.25, 0.3) is 5.91 Å². The summed E-state index contributed by atoms with van der Waals surface area (Å²) in [5.74, 6) is 1.23. The molecule has 1 N–H and O–H groups in total. The molecule has 1 amide bonds. The molecule has 3 aromatic rings. The third-order valence-corrected chi connectivity index (χ3v) is 7.20. The predicted molar refractivity (Wildman–Crippen MR) is 136 cm³/mol. The van der Waals surface area contributed by atoms with Crippen molar-refractivity contribution in [3.63, 3.8) is 0 Å². The number of nitrogens with one attached hydrogen (secondary N) is 1. The molecule has 0 radical (unpaired) electrons. The predicted octanol–water partition coefficient (Wildman–Crippen LogP) is 4.68. The number of ether oxygens (including phenoxy) is 1. The van der Waals surface area contributed by atoms with Crippen molar-refractivity contribution in [2.24, 2.45) is 5.92 Å². The number of benzene rings is 2. The lowest BCUT2D eigenvalue weighted by atomic mass is 10.0. The van der Waals surface area contributed by atoms with E-state index in [1.54, 1.807) is 49.5 Å². The van der Waals surface area contributed by atoms with E-state index in [9.17, 15) is 18.0 Å². The summed E-state index contributed by atoms with van der Waals surface area (Å²) < 4.78 is 28.8. The molecular weight excluding hydrogens is 488 g/mol. The molecule has 9 heteroatoms. The van der Waals surface area contributed by atoms with Crippen LogP contribution in [0.25, 0.3) is 10.9 Å². The SMILES string of the molecule is Cc1cc2nccc(Oc3ccc(CC(=O)CC4CC4)c(Cl)c3)c2cc1C(=O)NCCS(C)(=O)=O. The van der Waals surface area contributed by atoms with Gasteiger partial charge in [0.1, 0.15) is 27.1 Å². The van der Waals surface area contributed by atoms with Gasteiger partial charge < -0.3 is 10.1 Å². The highest BCUT2D eigenvalue weighted by Gasteiger charge is 2.24. The molecule has 7 nitrogen and oxygen atoms in total. The van der Waals surface area contributed by atoms with Crippen molar-refractivity contribution < 1.29 is 22.7 Å². The van der Waals surface area contributed by atoms with Crippen molar-refractivity contribution in [2.45, 2.75) is 32.6 Å². The van der Waals surface area contributed by atoms with Gasteiger partial charge in [-0.1, -0.05) is 17.7 Å². The first-order valence-electron chi connectivity index (χ1n) is 11.4. The summed E-state index contributed by atoms with van der Waals surface area (Å²) in [6.07, 6.45) is 5.94. The molecule has 0 spiro atoms. The molecule has 0 aliphatic heterocycles. The maximum Gasteiger partial charge on any atom is 0.251 e. The van der Waals surface area contributed by atoms with E-state index in [1.807, 2.05) is 0 Å². The number of halogens is 1. The van der Waals surface area contributed by atoms with Gasteiger partial charge >= 0.3 is 0 Å². The van der Waals surface area contributed by atoms with Gasteiger partial charge in [-0.3, -0.25) is 14.6 Å². The highest BCUT2D eigenvalue weighted by molar-refractivity contribution is 7.90. The third-order valence-electron chi connectivity index (χ3n) is 5.90. The number of carbonyl (C=O) groups excluding carboxylic acids is 2.